The van der Waals surface area contributed by atoms with Crippen LogP contribution in [0.4, 0.5) is 5.69 Å². The molecule has 1 unspecified atom stereocenters. The highest BCUT2D eigenvalue weighted by Crippen LogP contribution is 2.35. The van der Waals surface area contributed by atoms with Crippen molar-refractivity contribution >= 4 is 11.6 Å². The number of nitrogens with zero attached hydrogens (tertiary/aromatic N) is 1. The van der Waals surface area contributed by atoms with Crippen LogP contribution in [0.1, 0.15) is 30.1 Å². The van der Waals surface area contributed by atoms with Crippen molar-refractivity contribution in [3.05, 3.63) is 29.8 Å². The molecule has 4 nitrogen and oxygen atoms in total. The van der Waals surface area contributed by atoms with Gasteiger partial charge in [0.05, 0.1) is 6.61 Å². The zero-order chi connectivity index (χ0) is 13.8. The summed E-state index contributed by atoms with van der Waals surface area (Å²) in [6, 6.07) is 7.43. The molecule has 2 rings (SSSR count). The molecular formula is C15H22N2O2. The Labute approximate surface area is 114 Å². The number of hydrogen-bond donors (Lipinski definition) is 1. The number of carbonyl (C=O) groups is 1. The molecule has 1 aliphatic rings. The Bertz CT molecular complexity index is 444. The lowest BCUT2D eigenvalue weighted by Crippen LogP contribution is -2.42. The monoisotopic (exact) mass is 262 g/mol. The van der Waals surface area contributed by atoms with Crippen molar-refractivity contribution in [3.63, 3.8) is 0 Å². The van der Waals surface area contributed by atoms with Crippen molar-refractivity contribution in [2.45, 2.75) is 25.8 Å². The number of hydrogen-bond acceptors (Lipinski definition) is 3. The van der Waals surface area contributed by atoms with Gasteiger partial charge in [0.25, 0.3) is 5.91 Å². The van der Waals surface area contributed by atoms with Gasteiger partial charge in [0, 0.05) is 30.9 Å². The third-order valence-corrected chi connectivity index (χ3v) is 3.73. The molecule has 1 aromatic carbocycles. The molecule has 0 saturated heterocycles. The minimum Gasteiger partial charge on any atom is -0.399 e. The molecule has 1 saturated carbocycles. The molecule has 1 aliphatic carbocycles. The van der Waals surface area contributed by atoms with E-state index < -0.39 is 0 Å². The first-order valence-electron chi connectivity index (χ1n) is 6.79. The topological polar surface area (TPSA) is 55.6 Å². The van der Waals surface area contributed by atoms with Crippen LogP contribution in [0.5, 0.6) is 0 Å². The maximum absolute atomic E-state index is 12.6. The smallest absolute Gasteiger partial charge is 0.254 e. The average molecular weight is 262 g/mol. The van der Waals surface area contributed by atoms with E-state index >= 15 is 0 Å². The third-order valence-electron chi connectivity index (χ3n) is 3.73. The summed E-state index contributed by atoms with van der Waals surface area (Å²) in [6.45, 7) is 3.31. The van der Waals surface area contributed by atoms with Gasteiger partial charge in [-0.1, -0.05) is 6.07 Å². The molecule has 0 heterocycles. The molecule has 0 bridgehead atoms. The van der Waals surface area contributed by atoms with Crippen LogP contribution in [0.3, 0.4) is 0 Å². The second-order valence-electron chi connectivity index (χ2n) is 5.19. The number of amides is 1. The van der Waals surface area contributed by atoms with E-state index in [1.54, 1.807) is 19.2 Å². The number of ether oxygens (including phenoxy) is 1. The Morgan fingerprint density at radius 2 is 2.26 bits per heavy atom. The van der Waals surface area contributed by atoms with E-state index in [9.17, 15) is 4.79 Å². The quantitative estimate of drug-likeness (QED) is 0.799. The third kappa shape index (κ3) is 3.47. The number of rotatable bonds is 6. The van der Waals surface area contributed by atoms with Gasteiger partial charge in [-0.05, 0) is 43.9 Å². The van der Waals surface area contributed by atoms with Gasteiger partial charge >= 0.3 is 0 Å². The van der Waals surface area contributed by atoms with Crippen molar-refractivity contribution < 1.29 is 9.53 Å². The Balaban J connectivity index is 2.14. The van der Waals surface area contributed by atoms with Gasteiger partial charge in [0.15, 0.2) is 0 Å². The van der Waals surface area contributed by atoms with Crippen molar-refractivity contribution in [1.82, 2.24) is 4.90 Å². The van der Waals surface area contributed by atoms with Crippen molar-refractivity contribution in [1.29, 1.82) is 0 Å². The first-order chi connectivity index (χ1) is 9.13. The molecule has 4 heteroatoms. The number of nitrogen functional groups attached to an aromatic ring is 1. The first kappa shape index (κ1) is 13.9. The molecule has 1 amide bonds. The molecule has 0 spiro atoms. The number of carbonyl (C=O) groups excluding carboxylic acids is 1. The van der Waals surface area contributed by atoms with Crippen LogP contribution in [0, 0.1) is 5.92 Å². The molecule has 2 N–H and O–H groups in total. The lowest BCUT2D eigenvalue weighted by molar-refractivity contribution is 0.0594. The van der Waals surface area contributed by atoms with Crippen LogP contribution in [0.2, 0.25) is 0 Å². The summed E-state index contributed by atoms with van der Waals surface area (Å²) in [6.07, 6.45) is 2.43. The molecule has 0 aliphatic heterocycles. The molecule has 1 atom stereocenters. The number of methoxy groups -OCH3 is 1. The SMILES string of the molecule is COCCN(C(=O)c1cccc(N)c1)C(C)C1CC1. The van der Waals surface area contributed by atoms with Gasteiger partial charge in [0.1, 0.15) is 0 Å². The van der Waals surface area contributed by atoms with Gasteiger partial charge < -0.3 is 15.4 Å². The largest absolute Gasteiger partial charge is 0.399 e. The summed E-state index contributed by atoms with van der Waals surface area (Å²) in [5, 5.41) is 0. The predicted molar refractivity (Wildman–Crippen MR) is 76.0 cm³/mol. The first-order valence-corrected chi connectivity index (χ1v) is 6.79. The van der Waals surface area contributed by atoms with E-state index in [1.807, 2.05) is 17.0 Å². The highest BCUT2D eigenvalue weighted by Gasteiger charge is 2.34. The molecule has 1 fully saturated rings. The number of benzene rings is 1. The van der Waals surface area contributed by atoms with Crippen LogP contribution >= 0.6 is 0 Å². The van der Waals surface area contributed by atoms with E-state index in [-0.39, 0.29) is 11.9 Å². The number of anilines is 1. The van der Waals surface area contributed by atoms with E-state index in [0.29, 0.717) is 30.3 Å². The molecule has 0 radical (unpaired) electrons. The lowest BCUT2D eigenvalue weighted by Gasteiger charge is -2.29. The van der Waals surface area contributed by atoms with Crippen LogP contribution < -0.4 is 5.73 Å². The zero-order valence-corrected chi connectivity index (χ0v) is 11.6. The fourth-order valence-corrected chi connectivity index (χ4v) is 2.35. The summed E-state index contributed by atoms with van der Waals surface area (Å²) >= 11 is 0. The summed E-state index contributed by atoms with van der Waals surface area (Å²) in [5.41, 5.74) is 7.03. The van der Waals surface area contributed by atoms with Crippen LogP contribution in [-0.2, 0) is 4.74 Å². The average Bonchev–Trinajstić information content (AvgIpc) is 3.23. The Morgan fingerprint density at radius 3 is 2.84 bits per heavy atom. The van der Waals surface area contributed by atoms with Gasteiger partial charge in [-0.25, -0.2) is 0 Å². The van der Waals surface area contributed by atoms with E-state index in [0.717, 1.165) is 0 Å². The van der Waals surface area contributed by atoms with E-state index in [2.05, 4.69) is 6.92 Å². The molecular weight excluding hydrogens is 240 g/mol. The second kappa shape index (κ2) is 6.06. The van der Waals surface area contributed by atoms with Gasteiger partial charge in [0.2, 0.25) is 0 Å². The van der Waals surface area contributed by atoms with Gasteiger partial charge in [-0.15, -0.1) is 0 Å². The number of nitrogens with two attached hydrogens (primary N) is 1. The Kier molecular flexibility index (Phi) is 4.43. The zero-order valence-electron chi connectivity index (χ0n) is 11.6. The summed E-state index contributed by atoms with van der Waals surface area (Å²) in [4.78, 5) is 14.5. The van der Waals surface area contributed by atoms with Gasteiger partial charge in [-0.3, -0.25) is 4.79 Å². The Morgan fingerprint density at radius 1 is 1.53 bits per heavy atom. The van der Waals surface area contributed by atoms with Gasteiger partial charge in [-0.2, -0.15) is 0 Å². The van der Waals surface area contributed by atoms with Crippen LogP contribution in [0.15, 0.2) is 24.3 Å². The highest BCUT2D eigenvalue weighted by atomic mass is 16.5. The summed E-state index contributed by atoms with van der Waals surface area (Å²) in [7, 11) is 1.66. The minimum absolute atomic E-state index is 0.0451. The molecule has 19 heavy (non-hydrogen) atoms. The Hall–Kier alpha value is -1.55. The second-order valence-corrected chi connectivity index (χ2v) is 5.19. The van der Waals surface area contributed by atoms with Crippen LogP contribution in [-0.4, -0.2) is 37.1 Å². The maximum Gasteiger partial charge on any atom is 0.254 e. The maximum atomic E-state index is 12.6. The standard InChI is InChI=1S/C15H22N2O2/c1-11(12-6-7-12)17(8-9-19-2)15(18)13-4-3-5-14(16)10-13/h3-5,10-12H,6-9,16H2,1-2H3. The summed E-state index contributed by atoms with van der Waals surface area (Å²) < 4.78 is 5.11. The normalized spacial score (nSPS) is 16.1. The highest BCUT2D eigenvalue weighted by molar-refractivity contribution is 5.95. The van der Waals surface area contributed by atoms with E-state index in [1.165, 1.54) is 12.8 Å². The lowest BCUT2D eigenvalue weighted by atomic mass is 10.1. The summed E-state index contributed by atoms with van der Waals surface area (Å²) in [5.74, 6) is 0.686. The molecule has 1 aromatic rings. The van der Waals surface area contributed by atoms with Crippen molar-refractivity contribution in [2.75, 3.05) is 26.0 Å². The molecule has 104 valence electrons. The molecule has 0 aromatic heterocycles. The van der Waals surface area contributed by atoms with Crippen molar-refractivity contribution in [2.24, 2.45) is 5.92 Å². The van der Waals surface area contributed by atoms with Crippen LogP contribution in [0.25, 0.3) is 0 Å². The van der Waals surface area contributed by atoms with E-state index in [4.69, 9.17) is 10.5 Å². The fraction of sp³-hybridized carbons (Fsp3) is 0.533. The van der Waals surface area contributed by atoms with Crippen molar-refractivity contribution in [3.8, 4) is 0 Å². The fourth-order valence-electron chi connectivity index (χ4n) is 2.35. The predicted octanol–water partition coefficient (Wildman–Crippen LogP) is 2.16. The minimum atomic E-state index is 0.0451.